The highest BCUT2D eigenvalue weighted by Crippen LogP contribution is 2.58. The maximum atomic E-state index is 13.5. The molecule has 4 aliphatic rings. The Kier molecular flexibility index (Phi) is 8.91. The molecule has 2 aromatic rings. The molecule has 0 amide bonds. The number of nitrogens with zero attached hydrogens (tertiary/aromatic N) is 1. The summed E-state index contributed by atoms with van der Waals surface area (Å²) in [4.78, 5) is 5.50. The summed E-state index contributed by atoms with van der Waals surface area (Å²) in [5, 5.41) is 12.3. The molecular weight excluding hydrogens is 595 g/mol. The number of hydrogen-bond acceptors (Lipinski definition) is 5. The number of rotatable bonds is 6. The minimum atomic E-state index is -4.45. The van der Waals surface area contributed by atoms with Gasteiger partial charge in [0.1, 0.15) is 6.10 Å². The smallest absolute Gasteiger partial charge is 0.416 e. The van der Waals surface area contributed by atoms with Crippen LogP contribution in [-0.4, -0.2) is 44.8 Å². The van der Waals surface area contributed by atoms with Crippen LogP contribution in [0, 0.1) is 5.41 Å². The predicted octanol–water partition coefficient (Wildman–Crippen LogP) is 9.06. The molecule has 45 heavy (non-hydrogen) atoms. The molecule has 1 saturated heterocycles. The summed E-state index contributed by atoms with van der Waals surface area (Å²) in [5.74, 6) is 0.0846. The zero-order valence-electron chi connectivity index (χ0n) is 27.4. The van der Waals surface area contributed by atoms with E-state index in [-0.39, 0.29) is 22.5 Å². The number of aromatic nitrogens is 1. The van der Waals surface area contributed by atoms with E-state index in [9.17, 15) is 18.3 Å². The van der Waals surface area contributed by atoms with Crippen LogP contribution >= 0.6 is 0 Å². The highest BCUT2D eigenvalue weighted by atomic mass is 28.4. The molecule has 2 fully saturated rings. The van der Waals surface area contributed by atoms with E-state index in [1.54, 1.807) is 0 Å². The summed E-state index contributed by atoms with van der Waals surface area (Å²) in [6.07, 6.45) is 3.99. The predicted molar refractivity (Wildman–Crippen MR) is 172 cm³/mol. The summed E-state index contributed by atoms with van der Waals surface area (Å²) in [7, 11) is -2.22. The van der Waals surface area contributed by atoms with Crippen molar-refractivity contribution in [2.45, 2.75) is 115 Å². The van der Waals surface area contributed by atoms with E-state index in [4.69, 9.17) is 18.9 Å². The van der Waals surface area contributed by atoms with Gasteiger partial charge in [0, 0.05) is 42.1 Å². The third-order valence-electron chi connectivity index (χ3n) is 11.2. The fourth-order valence-corrected chi connectivity index (χ4v) is 8.72. The van der Waals surface area contributed by atoms with Gasteiger partial charge in [-0.2, -0.15) is 13.2 Å². The zero-order valence-corrected chi connectivity index (χ0v) is 28.4. The third-order valence-corrected chi connectivity index (χ3v) is 15.7. The topological polar surface area (TPSA) is 60.8 Å². The molecule has 3 heterocycles. The lowest BCUT2D eigenvalue weighted by atomic mass is 9.59. The van der Waals surface area contributed by atoms with E-state index in [2.05, 4.69) is 39.9 Å². The molecule has 1 spiro atoms. The standard InChI is InChI=1S/C36H48F3NO4Si/c1-34(2,3)45(4,5)44-28-22-35(15-6-16-35)21-27-30(28)29(23-11-17-42-18-12-23)31(32(40-27)24-13-19-43-20-14-24)33(41)25-7-9-26(10-8-25)36(37,38)39/h7-11,24,28,33,41H,6,12-22H2,1-5H3/q-1/t28-,33+/m0/s1. The number of pyridine rings is 1. The van der Waals surface area contributed by atoms with E-state index in [0.29, 0.717) is 38.4 Å². The van der Waals surface area contributed by atoms with Gasteiger partial charge in [-0.05, 0) is 87.5 Å². The number of fused-ring (bicyclic) bond motifs is 1. The minimum absolute atomic E-state index is 0.00748. The number of halogens is 3. The summed E-state index contributed by atoms with van der Waals surface area (Å²) in [6.45, 7) is 13.7. The van der Waals surface area contributed by atoms with Crippen molar-refractivity contribution in [1.29, 1.82) is 0 Å². The van der Waals surface area contributed by atoms with Gasteiger partial charge in [-0.1, -0.05) is 45.4 Å². The van der Waals surface area contributed by atoms with E-state index >= 15 is 0 Å². The van der Waals surface area contributed by atoms with Crippen LogP contribution in [0.1, 0.15) is 123 Å². The van der Waals surface area contributed by atoms with Gasteiger partial charge in [-0.3, -0.25) is 4.98 Å². The van der Waals surface area contributed by atoms with Crippen LogP contribution in [0.5, 0.6) is 0 Å². The fourth-order valence-electron chi connectivity index (χ4n) is 7.46. The minimum Gasteiger partial charge on any atom is -0.559 e. The average molecular weight is 644 g/mol. The fraction of sp³-hybridized carbons (Fsp3) is 0.639. The van der Waals surface area contributed by atoms with Crippen LogP contribution < -0.4 is 0 Å². The van der Waals surface area contributed by atoms with Crippen molar-refractivity contribution in [2.24, 2.45) is 5.41 Å². The van der Waals surface area contributed by atoms with Crippen LogP contribution in [0.2, 0.25) is 18.1 Å². The molecule has 1 N–H and O–H groups in total. The van der Waals surface area contributed by atoms with E-state index in [1.807, 2.05) is 0 Å². The molecule has 247 valence electrons. The molecule has 0 bridgehead atoms. The largest absolute Gasteiger partial charge is 0.559 e. The first-order valence-corrected chi connectivity index (χ1v) is 19.5. The summed E-state index contributed by atoms with van der Waals surface area (Å²) in [6, 6.07) is 4.96. The first-order chi connectivity index (χ1) is 21.2. The molecule has 2 aliphatic heterocycles. The van der Waals surface area contributed by atoms with Crippen LogP contribution in [0.4, 0.5) is 13.2 Å². The van der Waals surface area contributed by atoms with E-state index in [0.717, 1.165) is 71.5 Å². The summed E-state index contributed by atoms with van der Waals surface area (Å²) >= 11 is 0. The van der Waals surface area contributed by atoms with Crippen molar-refractivity contribution >= 4 is 13.9 Å². The Labute approximate surface area is 266 Å². The van der Waals surface area contributed by atoms with Crippen molar-refractivity contribution in [3.63, 3.8) is 0 Å². The molecule has 9 heteroatoms. The Hall–Kier alpha value is -2.04. The molecule has 1 aromatic heterocycles. The van der Waals surface area contributed by atoms with Crippen molar-refractivity contribution in [1.82, 2.24) is 4.98 Å². The number of aliphatic hydroxyl groups excluding tert-OH is 1. The third kappa shape index (κ3) is 6.44. The second kappa shape index (κ2) is 12.2. The van der Waals surface area contributed by atoms with Crippen molar-refractivity contribution in [3.8, 4) is 0 Å². The molecule has 2 aliphatic carbocycles. The van der Waals surface area contributed by atoms with Gasteiger partial charge < -0.3 is 19.0 Å². The Morgan fingerprint density at radius 3 is 2.27 bits per heavy atom. The Bertz CT molecular complexity index is 1420. The monoisotopic (exact) mass is 643 g/mol. The Balaban J connectivity index is 1.59. The van der Waals surface area contributed by atoms with Gasteiger partial charge in [-0.25, -0.2) is 0 Å². The van der Waals surface area contributed by atoms with Crippen molar-refractivity contribution in [3.05, 3.63) is 69.5 Å². The lowest BCUT2D eigenvalue weighted by molar-refractivity contribution is -0.137. The quantitative estimate of drug-likeness (QED) is 0.318. The SMILES string of the molecule is CC(C)(C)[Si-](C)(C)O[C@H]1CC2(CCC2)Cc2nc(C3CCOCC3)c([C@H](O)c3ccc(C(F)(F)F)cc3)c(C3=CCOCC3)c21. The molecular formula is C36H48F3NO4Si-. The molecule has 1 aromatic carbocycles. The second-order valence-corrected chi connectivity index (χ2v) is 20.0. The Morgan fingerprint density at radius 2 is 1.71 bits per heavy atom. The van der Waals surface area contributed by atoms with Gasteiger partial charge in [0.2, 0.25) is 0 Å². The van der Waals surface area contributed by atoms with Crippen molar-refractivity contribution in [2.75, 3.05) is 26.4 Å². The van der Waals surface area contributed by atoms with Gasteiger partial charge in [-0.15, -0.1) is 18.1 Å². The average Bonchev–Trinajstić information content (AvgIpc) is 2.98. The lowest BCUT2D eigenvalue weighted by Gasteiger charge is -2.56. The normalized spacial score (nSPS) is 23.3. The highest BCUT2D eigenvalue weighted by molar-refractivity contribution is 6.74. The number of ether oxygens (including phenoxy) is 2. The van der Waals surface area contributed by atoms with Crippen LogP contribution in [0.3, 0.4) is 0 Å². The highest BCUT2D eigenvalue weighted by Gasteiger charge is 2.47. The number of aliphatic hydroxyl groups is 1. The summed E-state index contributed by atoms with van der Waals surface area (Å²) < 4.78 is 59.3. The van der Waals surface area contributed by atoms with Crippen LogP contribution in [0.25, 0.3) is 5.57 Å². The first kappa shape index (κ1) is 32.9. The van der Waals surface area contributed by atoms with E-state index in [1.165, 1.54) is 31.4 Å². The molecule has 1 saturated carbocycles. The molecule has 0 unspecified atom stereocenters. The maximum absolute atomic E-state index is 13.5. The second-order valence-electron chi connectivity index (χ2n) is 15.2. The number of hydrogen-bond donors (Lipinski definition) is 1. The first-order valence-electron chi connectivity index (χ1n) is 16.6. The van der Waals surface area contributed by atoms with Gasteiger partial charge in [0.15, 0.2) is 0 Å². The molecule has 0 radical (unpaired) electrons. The van der Waals surface area contributed by atoms with Gasteiger partial charge in [0.25, 0.3) is 0 Å². The lowest BCUT2D eigenvalue weighted by Crippen LogP contribution is -2.46. The number of benzene rings is 1. The molecule has 6 rings (SSSR count). The van der Waals surface area contributed by atoms with Crippen LogP contribution in [0.15, 0.2) is 30.3 Å². The Morgan fingerprint density at radius 1 is 1.02 bits per heavy atom. The van der Waals surface area contributed by atoms with E-state index < -0.39 is 26.2 Å². The summed E-state index contributed by atoms with van der Waals surface area (Å²) in [5.41, 5.74) is 5.75. The van der Waals surface area contributed by atoms with Crippen molar-refractivity contribution < 1.29 is 32.2 Å². The number of alkyl halides is 3. The van der Waals surface area contributed by atoms with Gasteiger partial charge in [0.05, 0.1) is 24.5 Å². The molecule has 5 nitrogen and oxygen atoms in total. The molecule has 2 atom stereocenters. The maximum Gasteiger partial charge on any atom is 0.416 e. The van der Waals surface area contributed by atoms with Crippen LogP contribution in [-0.2, 0) is 26.5 Å². The zero-order chi connectivity index (χ0) is 32.2. The van der Waals surface area contributed by atoms with Gasteiger partial charge >= 0.3 is 6.18 Å².